The Morgan fingerprint density at radius 2 is 1.50 bits per heavy atom. The molecule has 0 bridgehead atoms. The van der Waals surface area contributed by atoms with Crippen molar-refractivity contribution in [3.63, 3.8) is 0 Å². The van der Waals surface area contributed by atoms with E-state index in [1.54, 1.807) is 29.0 Å². The van der Waals surface area contributed by atoms with Crippen LogP contribution in [0.3, 0.4) is 0 Å². The number of tetrazole rings is 1. The molecule has 1 aromatic carbocycles. The van der Waals surface area contributed by atoms with Crippen LogP contribution in [0.15, 0.2) is 60.9 Å². The molecule has 30 heavy (non-hydrogen) atoms. The molecular formula is C21H18F2IrN6-2. The van der Waals surface area contributed by atoms with Gasteiger partial charge >= 0.3 is 0 Å². The number of hydrogen-bond donors (Lipinski definition) is 0. The van der Waals surface area contributed by atoms with Gasteiger partial charge in [-0.2, -0.15) is 19.5 Å². The van der Waals surface area contributed by atoms with Gasteiger partial charge in [-0.1, -0.05) is 47.2 Å². The van der Waals surface area contributed by atoms with Gasteiger partial charge in [0.15, 0.2) is 0 Å². The molecule has 4 rings (SSSR count). The van der Waals surface area contributed by atoms with Crippen molar-refractivity contribution in [1.29, 1.82) is 0 Å². The fourth-order valence-corrected chi connectivity index (χ4v) is 2.68. The van der Waals surface area contributed by atoms with Gasteiger partial charge < -0.3 is 13.8 Å². The second-order valence-electron chi connectivity index (χ2n) is 6.04. The summed E-state index contributed by atoms with van der Waals surface area (Å²) in [5.41, 5.74) is 1.96. The van der Waals surface area contributed by atoms with Crippen LogP contribution in [0.25, 0.3) is 22.8 Å². The third kappa shape index (κ3) is 4.94. The van der Waals surface area contributed by atoms with Crippen LogP contribution in [0.2, 0.25) is 0 Å². The van der Waals surface area contributed by atoms with E-state index < -0.39 is 11.6 Å². The largest absolute Gasteiger partial charge is 0.369 e. The first-order valence-electron chi connectivity index (χ1n) is 8.42. The summed E-state index contributed by atoms with van der Waals surface area (Å²) in [4.78, 5) is 0. The molecule has 0 saturated heterocycles. The average molecular weight is 585 g/mol. The summed E-state index contributed by atoms with van der Waals surface area (Å²) in [5.74, 6) is -0.665. The van der Waals surface area contributed by atoms with E-state index in [9.17, 15) is 8.78 Å². The first-order chi connectivity index (χ1) is 13.9. The van der Waals surface area contributed by atoms with E-state index in [1.165, 1.54) is 15.3 Å². The Bertz CT molecular complexity index is 1120. The molecule has 6 nitrogen and oxygen atoms in total. The number of hydrogen-bond acceptors (Lipinski definition) is 3. The van der Waals surface area contributed by atoms with Crippen LogP contribution in [0.1, 0.15) is 5.56 Å². The van der Waals surface area contributed by atoms with Gasteiger partial charge in [-0.25, -0.2) is 13.9 Å². The minimum Gasteiger partial charge on any atom is -0.369 e. The Morgan fingerprint density at radius 1 is 0.900 bits per heavy atom. The van der Waals surface area contributed by atoms with E-state index in [1.807, 2.05) is 24.4 Å². The predicted octanol–water partition coefficient (Wildman–Crippen LogP) is 2.65. The van der Waals surface area contributed by atoms with E-state index in [0.29, 0.717) is 17.1 Å². The van der Waals surface area contributed by atoms with Gasteiger partial charge in [0.2, 0.25) is 0 Å². The van der Waals surface area contributed by atoms with Crippen LogP contribution >= 0.6 is 0 Å². The van der Waals surface area contributed by atoms with Crippen LogP contribution in [0, 0.1) is 39.7 Å². The maximum Gasteiger partial charge on any atom is 0.0717 e. The summed E-state index contributed by atoms with van der Waals surface area (Å²) >= 11 is 0. The minimum absolute atomic E-state index is 0. The number of benzene rings is 1. The Labute approximate surface area is 187 Å². The van der Waals surface area contributed by atoms with Gasteiger partial charge in [-0.3, -0.25) is 0 Å². The third-order valence-corrected chi connectivity index (χ3v) is 4.04. The molecule has 3 heterocycles. The van der Waals surface area contributed by atoms with Crippen LogP contribution in [0.4, 0.5) is 8.78 Å². The van der Waals surface area contributed by atoms with Crippen LogP contribution in [-0.4, -0.2) is 20.2 Å². The molecule has 0 saturated carbocycles. The first kappa shape index (κ1) is 22.9. The predicted molar refractivity (Wildman–Crippen MR) is 102 cm³/mol. The van der Waals surface area contributed by atoms with Crippen LogP contribution < -0.4 is 9.13 Å². The Morgan fingerprint density at radius 3 is 2.00 bits per heavy atom. The van der Waals surface area contributed by atoms with Gasteiger partial charge in [-0.15, -0.1) is 6.07 Å². The molecule has 0 atom stereocenters. The molecule has 0 aliphatic heterocycles. The summed E-state index contributed by atoms with van der Waals surface area (Å²) < 4.78 is 31.1. The zero-order chi connectivity index (χ0) is 21.0. The summed E-state index contributed by atoms with van der Waals surface area (Å²) in [7, 11) is 11.2. The molecule has 0 spiro atoms. The quantitative estimate of drug-likeness (QED) is 0.269. The molecule has 157 valence electrons. The van der Waals surface area contributed by atoms with Crippen molar-refractivity contribution in [2.75, 3.05) is 0 Å². The van der Waals surface area contributed by atoms with Crippen molar-refractivity contribution in [1.82, 2.24) is 20.2 Å². The van der Waals surface area contributed by atoms with Crippen LogP contribution in [0.5, 0.6) is 0 Å². The van der Waals surface area contributed by atoms with Crippen molar-refractivity contribution in [2.45, 2.75) is 0 Å². The van der Waals surface area contributed by atoms with Crippen molar-refractivity contribution < 1.29 is 38.0 Å². The Kier molecular flexibility index (Phi) is 7.52. The molecule has 0 aliphatic carbocycles. The molecule has 3 aromatic heterocycles. The van der Waals surface area contributed by atoms with Crippen molar-refractivity contribution in [2.24, 2.45) is 0 Å². The van der Waals surface area contributed by atoms with Crippen molar-refractivity contribution in [3.8, 4) is 22.8 Å². The molecule has 0 aliphatic rings. The molecule has 0 amide bonds. The van der Waals surface area contributed by atoms with Crippen molar-refractivity contribution in [3.05, 3.63) is 106 Å². The maximum absolute atomic E-state index is 13.7. The number of rotatable bonds is 2. The van der Waals surface area contributed by atoms with E-state index in [0.717, 1.165) is 11.8 Å². The van der Waals surface area contributed by atoms with Gasteiger partial charge in [0, 0.05) is 40.0 Å². The SMILES string of the molecule is [CH2-]c1cc(F)cc(F)c1-c1cccc[n+]1[CH2-].[CH2-]n1nnnc1-c1cccc[n+]1[CH2-].[Ir]. The van der Waals surface area contributed by atoms with Gasteiger partial charge in [0.05, 0.1) is 35.4 Å². The van der Waals surface area contributed by atoms with E-state index >= 15 is 0 Å². The number of halogens is 2. The molecule has 0 fully saturated rings. The van der Waals surface area contributed by atoms with Gasteiger partial charge in [-0.05, 0) is 11.3 Å². The fourth-order valence-electron chi connectivity index (χ4n) is 2.68. The van der Waals surface area contributed by atoms with Gasteiger partial charge in [0.25, 0.3) is 0 Å². The summed E-state index contributed by atoms with van der Waals surface area (Å²) in [6, 6.07) is 12.9. The summed E-state index contributed by atoms with van der Waals surface area (Å²) in [5, 5.41) is 11.0. The standard InChI is InChI=1S/C13H10F2N.C8H8N5.Ir/c1-9-7-10(14)8-11(15)13(9)12-5-3-4-6-16(12)2;1-12-6-4-3-5-7(12)8-9-10-11-13(8)2;/h3-8H,1-2H2;3-6H,1-2H2;/q2*-1;. The summed E-state index contributed by atoms with van der Waals surface area (Å²) in [6.45, 7) is 3.64. The zero-order valence-corrected chi connectivity index (χ0v) is 18.3. The molecule has 9 heteroatoms. The van der Waals surface area contributed by atoms with Crippen molar-refractivity contribution >= 4 is 0 Å². The normalized spacial score (nSPS) is 9.93. The minimum atomic E-state index is -0.631. The van der Waals surface area contributed by atoms with Gasteiger partial charge in [0.1, 0.15) is 0 Å². The van der Waals surface area contributed by atoms with E-state index in [2.05, 4.69) is 43.6 Å². The monoisotopic (exact) mass is 585 g/mol. The summed E-state index contributed by atoms with van der Waals surface area (Å²) in [6.07, 6.45) is 3.52. The van der Waals surface area contributed by atoms with E-state index in [4.69, 9.17) is 0 Å². The second kappa shape index (κ2) is 9.86. The molecule has 1 radical (unpaired) electrons. The maximum atomic E-state index is 13.7. The number of aromatic nitrogens is 6. The van der Waals surface area contributed by atoms with E-state index in [-0.39, 0.29) is 25.7 Å². The topological polar surface area (TPSA) is 51.4 Å². The number of pyridine rings is 2. The zero-order valence-electron chi connectivity index (χ0n) is 15.9. The molecule has 4 aromatic rings. The average Bonchev–Trinajstić information content (AvgIpc) is 3.09. The Hall–Kier alpha value is -3.42. The molecule has 0 N–H and O–H groups in total. The van der Waals surface area contributed by atoms with Crippen LogP contribution in [-0.2, 0) is 20.1 Å². The smallest absolute Gasteiger partial charge is 0.0717 e. The molecular weight excluding hydrogens is 566 g/mol. The fraction of sp³-hybridized carbons (Fsp3) is 0. The number of nitrogens with zero attached hydrogens (tertiary/aromatic N) is 6. The second-order valence-corrected chi connectivity index (χ2v) is 6.04. The molecule has 0 unspecified atom stereocenters. The first-order valence-corrected chi connectivity index (χ1v) is 8.42. The third-order valence-electron chi connectivity index (χ3n) is 4.04. The Balaban J connectivity index is 0.000000211.